The van der Waals surface area contributed by atoms with Crippen LogP contribution >= 0.6 is 35.0 Å². The molecule has 10 heteroatoms. The van der Waals surface area contributed by atoms with Gasteiger partial charge in [-0.2, -0.15) is 0 Å². The number of benzene rings is 2. The predicted molar refractivity (Wildman–Crippen MR) is 89.9 cm³/mol. The Morgan fingerprint density at radius 2 is 1.29 bits per heavy atom. The molecule has 0 bridgehead atoms. The van der Waals surface area contributed by atoms with Crippen molar-refractivity contribution in [3.05, 3.63) is 53.5 Å². The van der Waals surface area contributed by atoms with Crippen LogP contribution < -0.4 is 4.74 Å². The molecule has 0 aromatic heterocycles. The van der Waals surface area contributed by atoms with Gasteiger partial charge in [-0.1, -0.05) is 35.0 Å². The summed E-state index contributed by atoms with van der Waals surface area (Å²) in [6.07, 6.45) is 0. The van der Waals surface area contributed by atoms with E-state index in [4.69, 9.17) is 27.9 Å². The van der Waals surface area contributed by atoms with Crippen molar-refractivity contribution in [1.29, 1.82) is 0 Å². The van der Waals surface area contributed by atoms with E-state index < -0.39 is 9.85 Å². The van der Waals surface area contributed by atoms with Crippen LogP contribution in [0.4, 0.5) is 11.4 Å². The summed E-state index contributed by atoms with van der Waals surface area (Å²) in [5.74, 6) is 0.704. The molecular formula is C14H8Cl2N2O5S. The van der Waals surface area contributed by atoms with Crippen LogP contribution in [-0.2, 0) is 0 Å². The lowest BCUT2D eigenvalue weighted by atomic mass is 10.1. The van der Waals surface area contributed by atoms with Crippen LogP contribution in [0.1, 0.15) is 11.1 Å². The van der Waals surface area contributed by atoms with E-state index in [9.17, 15) is 20.2 Å². The summed E-state index contributed by atoms with van der Waals surface area (Å²) in [5, 5.41) is 22.2. The van der Waals surface area contributed by atoms with E-state index in [2.05, 4.69) is 0 Å². The number of hydrogen-bond donors (Lipinski definition) is 0. The average Bonchev–Trinajstić information content (AvgIpc) is 2.44. The predicted octanol–water partition coefficient (Wildman–Crippen LogP) is 5.68. The summed E-state index contributed by atoms with van der Waals surface area (Å²) >= 11 is 13.3. The van der Waals surface area contributed by atoms with Crippen LogP contribution in [0.3, 0.4) is 0 Å². The standard InChI is InChI=1S/C14H8Cl2N2O5S/c1-5-3-7-13(9(15)11(5)17(19)20)24-14-8(23-7)4-6(2)12(10(14)16)18(21)22/h3-4H,1-2H3. The average molecular weight is 387 g/mol. The highest BCUT2D eigenvalue weighted by Crippen LogP contribution is 2.56. The third-order valence-electron chi connectivity index (χ3n) is 3.49. The zero-order valence-corrected chi connectivity index (χ0v) is 14.6. The number of nitro groups is 2. The number of nitro benzene ring substituents is 2. The fraction of sp³-hybridized carbons (Fsp3) is 0.143. The Bertz CT molecular complexity index is 859. The van der Waals surface area contributed by atoms with Gasteiger partial charge in [-0.3, -0.25) is 20.2 Å². The van der Waals surface area contributed by atoms with E-state index in [1.165, 1.54) is 12.1 Å². The first-order valence-corrected chi connectivity index (χ1v) is 8.10. The molecule has 24 heavy (non-hydrogen) atoms. The highest BCUT2D eigenvalue weighted by molar-refractivity contribution is 7.99. The number of nitrogens with zero attached hydrogens (tertiary/aromatic N) is 2. The maximum atomic E-state index is 11.2. The van der Waals surface area contributed by atoms with Gasteiger partial charge in [-0.15, -0.1) is 0 Å². The SMILES string of the molecule is Cc1cc2c(c(Cl)c1[N+](=O)[O-])Sc1c(cc(C)c([N+](=O)[O-])c1Cl)O2. The molecule has 0 atom stereocenters. The Morgan fingerprint density at radius 1 is 0.917 bits per heavy atom. The van der Waals surface area contributed by atoms with Crippen molar-refractivity contribution in [1.82, 2.24) is 0 Å². The van der Waals surface area contributed by atoms with Gasteiger partial charge in [0.05, 0.1) is 19.6 Å². The van der Waals surface area contributed by atoms with Gasteiger partial charge < -0.3 is 4.74 Å². The van der Waals surface area contributed by atoms with E-state index in [-0.39, 0.29) is 21.4 Å². The molecule has 1 aliphatic rings. The number of hydrogen-bond acceptors (Lipinski definition) is 6. The minimum absolute atomic E-state index is 0.0788. The van der Waals surface area contributed by atoms with E-state index in [0.29, 0.717) is 32.4 Å². The zero-order valence-electron chi connectivity index (χ0n) is 12.3. The minimum Gasteiger partial charge on any atom is -0.455 e. The van der Waals surface area contributed by atoms with Crippen LogP contribution in [0.25, 0.3) is 0 Å². The van der Waals surface area contributed by atoms with Crippen molar-refractivity contribution in [2.75, 3.05) is 0 Å². The fourth-order valence-electron chi connectivity index (χ4n) is 2.45. The highest BCUT2D eigenvalue weighted by atomic mass is 35.5. The second-order valence-electron chi connectivity index (χ2n) is 5.08. The van der Waals surface area contributed by atoms with Crippen molar-refractivity contribution in [3.63, 3.8) is 0 Å². The van der Waals surface area contributed by atoms with Crippen LogP contribution in [0.5, 0.6) is 11.5 Å². The van der Waals surface area contributed by atoms with Gasteiger partial charge in [-0.05, 0) is 26.0 Å². The lowest BCUT2D eigenvalue weighted by Crippen LogP contribution is -2.03. The Hall–Kier alpha value is -2.03. The summed E-state index contributed by atoms with van der Waals surface area (Å²) in [4.78, 5) is 21.8. The number of aryl methyl sites for hydroxylation is 2. The molecule has 0 spiro atoms. The Balaban J connectivity index is 2.23. The lowest BCUT2D eigenvalue weighted by molar-refractivity contribution is -0.385. The van der Waals surface area contributed by atoms with Gasteiger partial charge in [0.2, 0.25) is 0 Å². The maximum absolute atomic E-state index is 11.2. The molecule has 7 nitrogen and oxygen atoms in total. The molecule has 124 valence electrons. The van der Waals surface area contributed by atoms with E-state index in [1.54, 1.807) is 13.8 Å². The third-order valence-corrected chi connectivity index (χ3v) is 5.67. The van der Waals surface area contributed by atoms with Crippen molar-refractivity contribution in [3.8, 4) is 11.5 Å². The van der Waals surface area contributed by atoms with Gasteiger partial charge in [0.15, 0.2) is 0 Å². The van der Waals surface area contributed by atoms with Gasteiger partial charge in [-0.25, -0.2) is 0 Å². The van der Waals surface area contributed by atoms with Crippen LogP contribution in [-0.4, -0.2) is 9.85 Å². The minimum atomic E-state index is -0.576. The third kappa shape index (κ3) is 2.47. The van der Waals surface area contributed by atoms with Gasteiger partial charge in [0, 0.05) is 11.1 Å². The van der Waals surface area contributed by atoms with Crippen molar-refractivity contribution in [2.24, 2.45) is 0 Å². The first-order valence-electron chi connectivity index (χ1n) is 6.53. The zero-order chi connectivity index (χ0) is 17.8. The van der Waals surface area contributed by atoms with Crippen molar-refractivity contribution >= 4 is 46.3 Å². The normalized spacial score (nSPS) is 12.2. The summed E-state index contributed by atoms with van der Waals surface area (Å²) in [6.45, 7) is 3.11. The molecule has 0 aliphatic carbocycles. The Kier molecular flexibility index (Phi) is 4.06. The topological polar surface area (TPSA) is 95.5 Å². The second-order valence-corrected chi connectivity index (χ2v) is 6.86. The van der Waals surface area contributed by atoms with Crippen molar-refractivity contribution < 1.29 is 14.6 Å². The number of halogens is 2. The molecular weight excluding hydrogens is 379 g/mol. The van der Waals surface area contributed by atoms with Gasteiger partial charge >= 0.3 is 0 Å². The molecule has 0 unspecified atom stereocenters. The second kappa shape index (κ2) is 5.80. The maximum Gasteiger partial charge on any atom is 0.292 e. The molecule has 0 amide bonds. The smallest absolute Gasteiger partial charge is 0.292 e. The molecule has 2 aromatic carbocycles. The monoisotopic (exact) mass is 386 g/mol. The molecule has 0 saturated carbocycles. The summed E-state index contributed by atoms with van der Waals surface area (Å²) in [5.41, 5.74) is 0.260. The molecule has 1 aliphatic heterocycles. The number of rotatable bonds is 2. The van der Waals surface area contributed by atoms with E-state index in [0.717, 1.165) is 11.8 Å². The number of ether oxygens (including phenoxy) is 1. The summed E-state index contributed by atoms with van der Waals surface area (Å²) in [6, 6.07) is 3.03. The molecule has 3 rings (SSSR count). The van der Waals surface area contributed by atoms with Crippen LogP contribution in [0, 0.1) is 34.1 Å². The largest absolute Gasteiger partial charge is 0.455 e. The molecule has 1 heterocycles. The van der Waals surface area contributed by atoms with Crippen LogP contribution in [0.15, 0.2) is 21.9 Å². The molecule has 2 aromatic rings. The quantitative estimate of drug-likeness (QED) is 0.414. The first-order chi connectivity index (χ1) is 11.2. The van der Waals surface area contributed by atoms with Gasteiger partial charge in [0.25, 0.3) is 11.4 Å². The van der Waals surface area contributed by atoms with E-state index in [1.807, 2.05) is 0 Å². The Labute approximate surface area is 149 Å². The molecule has 0 radical (unpaired) electrons. The highest BCUT2D eigenvalue weighted by Gasteiger charge is 2.33. The first kappa shape index (κ1) is 16.8. The van der Waals surface area contributed by atoms with Gasteiger partial charge in [0.1, 0.15) is 21.5 Å². The fourth-order valence-corrected chi connectivity index (χ4v) is 4.28. The lowest BCUT2D eigenvalue weighted by Gasteiger charge is -2.22. The molecule has 0 N–H and O–H groups in total. The molecule has 0 fully saturated rings. The van der Waals surface area contributed by atoms with E-state index >= 15 is 0 Å². The Morgan fingerprint density at radius 3 is 1.62 bits per heavy atom. The number of fused-ring (bicyclic) bond motifs is 2. The van der Waals surface area contributed by atoms with Crippen molar-refractivity contribution in [2.45, 2.75) is 23.6 Å². The molecule has 0 saturated heterocycles. The van der Waals surface area contributed by atoms with Crippen LogP contribution in [0.2, 0.25) is 10.0 Å². The summed E-state index contributed by atoms with van der Waals surface area (Å²) in [7, 11) is 0. The summed E-state index contributed by atoms with van der Waals surface area (Å²) < 4.78 is 5.74.